The van der Waals surface area contributed by atoms with Crippen LogP contribution in [0.1, 0.15) is 42.3 Å². The van der Waals surface area contributed by atoms with E-state index in [1.807, 2.05) is 33.8 Å². The van der Waals surface area contributed by atoms with E-state index in [0.717, 1.165) is 11.4 Å². The molecule has 26 heavy (non-hydrogen) atoms. The van der Waals surface area contributed by atoms with Crippen LogP contribution in [0.5, 0.6) is 0 Å². The zero-order valence-corrected chi connectivity index (χ0v) is 15.0. The Labute approximate surface area is 150 Å². The smallest absolute Gasteiger partial charge is 0.258 e. The molecule has 0 N–H and O–H groups in total. The monoisotopic (exact) mass is 353 g/mol. The fourth-order valence-electron chi connectivity index (χ4n) is 2.69. The highest BCUT2D eigenvalue weighted by molar-refractivity contribution is 5.81. The van der Waals surface area contributed by atoms with E-state index in [1.165, 1.54) is 23.3 Å². The summed E-state index contributed by atoms with van der Waals surface area (Å²) in [5.41, 5.74) is 3.17. The van der Waals surface area contributed by atoms with E-state index in [0.29, 0.717) is 17.1 Å². The molecule has 9 nitrogen and oxygen atoms in total. The van der Waals surface area contributed by atoms with Gasteiger partial charge in [-0.1, -0.05) is 26.0 Å². The Kier molecular flexibility index (Phi) is 4.61. The zero-order chi connectivity index (χ0) is 18.8. The third-order valence-corrected chi connectivity index (χ3v) is 3.92. The quantitative estimate of drug-likeness (QED) is 0.398. The molecule has 1 aromatic carbocycles. The van der Waals surface area contributed by atoms with Gasteiger partial charge in [0, 0.05) is 22.9 Å². The van der Waals surface area contributed by atoms with Crippen molar-refractivity contribution < 1.29 is 4.92 Å². The predicted octanol–water partition coefficient (Wildman–Crippen LogP) is 2.99. The molecule has 3 aromatic rings. The Morgan fingerprint density at radius 3 is 2.65 bits per heavy atom. The first-order chi connectivity index (χ1) is 12.4. The molecule has 2 heterocycles. The van der Waals surface area contributed by atoms with E-state index >= 15 is 0 Å². The normalized spacial score (nSPS) is 11.6. The molecule has 2 aromatic heterocycles. The highest BCUT2D eigenvalue weighted by Crippen LogP contribution is 2.26. The molecule has 0 aliphatic carbocycles. The number of hydrogen-bond donors (Lipinski definition) is 0. The van der Waals surface area contributed by atoms with Crippen molar-refractivity contribution in [1.29, 1.82) is 0 Å². The highest BCUT2D eigenvalue weighted by atomic mass is 16.6. The molecule has 0 aliphatic rings. The Morgan fingerprint density at radius 1 is 1.27 bits per heavy atom. The van der Waals surface area contributed by atoms with Gasteiger partial charge >= 0.3 is 0 Å². The Hall–Kier alpha value is -3.36. The molecule has 134 valence electrons. The van der Waals surface area contributed by atoms with Crippen LogP contribution in [0.2, 0.25) is 0 Å². The molecule has 0 spiro atoms. The van der Waals surface area contributed by atoms with E-state index in [4.69, 9.17) is 0 Å². The molecule has 9 heteroatoms. The third-order valence-electron chi connectivity index (χ3n) is 3.92. The average molecular weight is 353 g/mol. The van der Waals surface area contributed by atoms with Gasteiger partial charge in [-0.25, -0.2) is 4.68 Å². The van der Waals surface area contributed by atoms with Crippen molar-refractivity contribution in [1.82, 2.24) is 24.7 Å². The first kappa shape index (κ1) is 17.5. The van der Waals surface area contributed by atoms with Gasteiger partial charge < -0.3 is 0 Å². The second-order valence-corrected chi connectivity index (χ2v) is 6.29. The molecule has 0 radical (unpaired) electrons. The fraction of sp³-hybridized carbons (Fsp3) is 0.294. The standard InChI is InChI=1S/C17H19N7O2/c1-11(2)15-6-5-14(8-16(15)24(25)26)9-19-22-10-18-20-17(22)23-13(4)7-12(3)21-23/h5-11H,1-4H3/b19-9-. The van der Waals surface area contributed by atoms with Gasteiger partial charge in [-0.15, -0.1) is 10.2 Å². The van der Waals surface area contributed by atoms with Gasteiger partial charge in [0.05, 0.1) is 16.8 Å². The highest BCUT2D eigenvalue weighted by Gasteiger charge is 2.16. The molecule has 0 amide bonds. The van der Waals surface area contributed by atoms with E-state index in [-0.39, 0.29) is 16.5 Å². The van der Waals surface area contributed by atoms with Crippen LogP contribution in [0.15, 0.2) is 35.7 Å². The van der Waals surface area contributed by atoms with Crippen LogP contribution in [0.25, 0.3) is 5.95 Å². The van der Waals surface area contributed by atoms with E-state index in [2.05, 4.69) is 20.4 Å². The second-order valence-electron chi connectivity index (χ2n) is 6.29. The van der Waals surface area contributed by atoms with Gasteiger partial charge in [-0.05, 0) is 25.8 Å². The Morgan fingerprint density at radius 2 is 2.04 bits per heavy atom. The molecule has 0 unspecified atom stereocenters. The fourth-order valence-corrected chi connectivity index (χ4v) is 2.69. The Balaban J connectivity index is 1.95. The summed E-state index contributed by atoms with van der Waals surface area (Å²) in [6, 6.07) is 7.01. The minimum atomic E-state index is -0.368. The molecule has 0 fully saturated rings. The number of rotatable bonds is 5. The van der Waals surface area contributed by atoms with Gasteiger partial charge in [-0.3, -0.25) is 10.1 Å². The van der Waals surface area contributed by atoms with E-state index in [1.54, 1.807) is 16.8 Å². The number of nitro groups is 1. The average Bonchev–Trinajstić information content (AvgIpc) is 3.17. The van der Waals surface area contributed by atoms with Crippen molar-refractivity contribution in [2.45, 2.75) is 33.6 Å². The zero-order valence-electron chi connectivity index (χ0n) is 15.0. The van der Waals surface area contributed by atoms with Crippen molar-refractivity contribution in [2.75, 3.05) is 0 Å². The number of nitrogens with zero attached hydrogens (tertiary/aromatic N) is 7. The molecule has 0 aliphatic heterocycles. The molecular weight excluding hydrogens is 334 g/mol. The molecule has 0 bridgehead atoms. The lowest BCUT2D eigenvalue weighted by Crippen LogP contribution is -2.06. The van der Waals surface area contributed by atoms with Gasteiger partial charge in [0.25, 0.3) is 11.6 Å². The van der Waals surface area contributed by atoms with Crippen LogP contribution in [0.4, 0.5) is 5.69 Å². The summed E-state index contributed by atoms with van der Waals surface area (Å²) < 4.78 is 3.12. The molecular formula is C17H19N7O2. The Bertz CT molecular complexity index is 985. The van der Waals surface area contributed by atoms with Gasteiger partial charge in [-0.2, -0.15) is 14.9 Å². The summed E-state index contributed by atoms with van der Waals surface area (Å²) in [7, 11) is 0. The summed E-state index contributed by atoms with van der Waals surface area (Å²) in [5, 5.41) is 27.9. The number of benzene rings is 1. The minimum absolute atomic E-state index is 0.0665. The summed E-state index contributed by atoms with van der Waals surface area (Å²) in [6.45, 7) is 7.65. The lowest BCUT2D eigenvalue weighted by Gasteiger charge is -2.07. The topological polar surface area (TPSA) is 104 Å². The van der Waals surface area contributed by atoms with Crippen LogP contribution in [-0.2, 0) is 0 Å². The number of aromatic nitrogens is 5. The second kappa shape index (κ2) is 6.87. The van der Waals surface area contributed by atoms with Crippen molar-refractivity contribution >= 4 is 11.9 Å². The number of hydrogen-bond acceptors (Lipinski definition) is 6. The van der Waals surface area contributed by atoms with Crippen LogP contribution < -0.4 is 0 Å². The molecule has 0 atom stereocenters. The van der Waals surface area contributed by atoms with Crippen molar-refractivity contribution in [2.24, 2.45) is 5.10 Å². The van der Waals surface area contributed by atoms with Crippen molar-refractivity contribution in [3.63, 3.8) is 0 Å². The minimum Gasteiger partial charge on any atom is -0.258 e. The largest absolute Gasteiger partial charge is 0.273 e. The van der Waals surface area contributed by atoms with Gasteiger partial charge in [0.2, 0.25) is 0 Å². The van der Waals surface area contributed by atoms with Gasteiger partial charge in [0.1, 0.15) is 6.33 Å². The van der Waals surface area contributed by atoms with E-state index in [9.17, 15) is 10.1 Å². The maximum atomic E-state index is 11.3. The van der Waals surface area contributed by atoms with Gasteiger partial charge in [0.15, 0.2) is 0 Å². The first-order valence-corrected chi connectivity index (χ1v) is 8.13. The lowest BCUT2D eigenvalue weighted by atomic mass is 9.99. The number of nitro benzene ring substituents is 1. The maximum Gasteiger partial charge on any atom is 0.273 e. The van der Waals surface area contributed by atoms with Crippen LogP contribution in [-0.4, -0.2) is 35.8 Å². The lowest BCUT2D eigenvalue weighted by molar-refractivity contribution is -0.385. The molecule has 0 saturated carbocycles. The summed E-state index contributed by atoms with van der Waals surface area (Å²) in [6.07, 6.45) is 2.99. The summed E-state index contributed by atoms with van der Waals surface area (Å²) in [5.74, 6) is 0.511. The molecule has 0 saturated heterocycles. The van der Waals surface area contributed by atoms with Crippen LogP contribution in [0, 0.1) is 24.0 Å². The predicted molar refractivity (Wildman–Crippen MR) is 96.8 cm³/mol. The maximum absolute atomic E-state index is 11.3. The summed E-state index contributed by atoms with van der Waals surface area (Å²) in [4.78, 5) is 10.9. The number of aryl methyl sites for hydroxylation is 2. The molecule has 3 rings (SSSR count). The van der Waals surface area contributed by atoms with Crippen LogP contribution >= 0.6 is 0 Å². The SMILES string of the molecule is Cc1cc(C)n(-c2nncn2/N=C\c2ccc(C(C)C)c([N+](=O)[O-])c2)n1. The third kappa shape index (κ3) is 3.37. The van der Waals surface area contributed by atoms with Crippen molar-refractivity contribution in [3.05, 3.63) is 63.2 Å². The van der Waals surface area contributed by atoms with Crippen molar-refractivity contribution in [3.8, 4) is 5.95 Å². The van der Waals surface area contributed by atoms with E-state index < -0.39 is 0 Å². The van der Waals surface area contributed by atoms with Crippen LogP contribution in [0.3, 0.4) is 0 Å². The summed E-state index contributed by atoms with van der Waals surface area (Å²) >= 11 is 0. The first-order valence-electron chi connectivity index (χ1n) is 8.13.